The molecule has 0 atom stereocenters. The van der Waals surface area contributed by atoms with Gasteiger partial charge in [0.25, 0.3) is 5.91 Å². The standard InChI is InChI=1S/C23H29N3O4/c1-17(2)26-23(29)25-15-19-10-12-20(13-11-19)22(28)30-16-21(27)24-14-6-9-18-7-4-3-5-8-18/h3-5,7-8,10-13,17H,6,9,14-16H2,1-2H3,(H,24,27)(H2,25,26,29). The van der Waals surface area contributed by atoms with Gasteiger partial charge < -0.3 is 20.7 Å². The van der Waals surface area contributed by atoms with E-state index in [-0.39, 0.29) is 24.6 Å². The molecule has 7 heteroatoms. The van der Waals surface area contributed by atoms with Gasteiger partial charge >= 0.3 is 12.0 Å². The summed E-state index contributed by atoms with van der Waals surface area (Å²) >= 11 is 0. The zero-order chi connectivity index (χ0) is 21.8. The highest BCUT2D eigenvalue weighted by molar-refractivity contribution is 5.91. The number of ether oxygens (including phenoxy) is 1. The quantitative estimate of drug-likeness (QED) is 0.414. The largest absolute Gasteiger partial charge is 0.452 e. The highest BCUT2D eigenvalue weighted by Gasteiger charge is 2.10. The molecule has 0 radical (unpaired) electrons. The lowest BCUT2D eigenvalue weighted by Gasteiger charge is -2.10. The first kappa shape index (κ1) is 22.9. The van der Waals surface area contributed by atoms with Gasteiger partial charge in [-0.2, -0.15) is 0 Å². The van der Waals surface area contributed by atoms with Crippen molar-refractivity contribution >= 4 is 17.9 Å². The van der Waals surface area contributed by atoms with Crippen molar-refractivity contribution in [3.8, 4) is 0 Å². The van der Waals surface area contributed by atoms with Crippen molar-refractivity contribution < 1.29 is 19.1 Å². The van der Waals surface area contributed by atoms with Crippen molar-refractivity contribution in [3.05, 3.63) is 71.3 Å². The zero-order valence-electron chi connectivity index (χ0n) is 17.4. The van der Waals surface area contributed by atoms with Crippen LogP contribution in [0, 0.1) is 0 Å². The Morgan fingerprint density at radius 2 is 1.60 bits per heavy atom. The summed E-state index contributed by atoms with van der Waals surface area (Å²) in [4.78, 5) is 35.5. The monoisotopic (exact) mass is 411 g/mol. The molecule has 0 heterocycles. The molecule has 160 valence electrons. The second-order valence-corrected chi connectivity index (χ2v) is 7.19. The SMILES string of the molecule is CC(C)NC(=O)NCc1ccc(C(=O)OCC(=O)NCCCc2ccccc2)cc1. The lowest BCUT2D eigenvalue weighted by Crippen LogP contribution is -2.39. The number of benzene rings is 2. The van der Waals surface area contributed by atoms with Crippen LogP contribution >= 0.6 is 0 Å². The number of urea groups is 1. The number of nitrogens with one attached hydrogen (secondary N) is 3. The highest BCUT2D eigenvalue weighted by Crippen LogP contribution is 2.06. The van der Waals surface area contributed by atoms with Crippen LogP contribution in [0.3, 0.4) is 0 Å². The fourth-order valence-corrected chi connectivity index (χ4v) is 2.68. The molecule has 0 saturated heterocycles. The Morgan fingerprint density at radius 3 is 2.27 bits per heavy atom. The van der Waals surface area contributed by atoms with Crippen molar-refractivity contribution in [1.82, 2.24) is 16.0 Å². The van der Waals surface area contributed by atoms with Gasteiger partial charge in [0, 0.05) is 19.1 Å². The number of amides is 3. The summed E-state index contributed by atoms with van der Waals surface area (Å²) in [7, 11) is 0. The third-order valence-corrected chi connectivity index (χ3v) is 4.20. The molecule has 0 aliphatic heterocycles. The van der Waals surface area contributed by atoms with Crippen LogP contribution in [-0.2, 0) is 22.5 Å². The van der Waals surface area contributed by atoms with Gasteiger partial charge in [0.15, 0.2) is 6.61 Å². The Hall–Kier alpha value is -3.35. The molecule has 0 unspecified atom stereocenters. The molecule has 30 heavy (non-hydrogen) atoms. The van der Waals surface area contributed by atoms with Crippen molar-refractivity contribution in [3.63, 3.8) is 0 Å². The second kappa shape index (κ2) is 12.3. The first-order valence-electron chi connectivity index (χ1n) is 10.0. The molecule has 7 nitrogen and oxygen atoms in total. The molecule has 2 rings (SSSR count). The number of aryl methyl sites for hydroxylation is 1. The zero-order valence-corrected chi connectivity index (χ0v) is 17.4. The van der Waals surface area contributed by atoms with E-state index in [4.69, 9.17) is 4.74 Å². The van der Waals surface area contributed by atoms with E-state index >= 15 is 0 Å². The first-order chi connectivity index (χ1) is 14.4. The van der Waals surface area contributed by atoms with E-state index < -0.39 is 5.97 Å². The minimum Gasteiger partial charge on any atom is -0.452 e. The van der Waals surface area contributed by atoms with Gasteiger partial charge in [-0.05, 0) is 49.9 Å². The van der Waals surface area contributed by atoms with Crippen LogP contribution in [-0.4, -0.2) is 37.1 Å². The summed E-state index contributed by atoms with van der Waals surface area (Å²) in [5.74, 6) is -0.889. The predicted molar refractivity (Wildman–Crippen MR) is 115 cm³/mol. The molecule has 0 aliphatic rings. The number of hydrogen-bond donors (Lipinski definition) is 3. The lowest BCUT2D eigenvalue weighted by molar-refractivity contribution is -0.124. The van der Waals surface area contributed by atoms with Crippen LogP contribution in [0.15, 0.2) is 54.6 Å². The van der Waals surface area contributed by atoms with Crippen LogP contribution in [0.5, 0.6) is 0 Å². The number of carbonyl (C=O) groups is 3. The maximum absolute atomic E-state index is 12.1. The fraction of sp³-hybridized carbons (Fsp3) is 0.348. The molecule has 2 aromatic rings. The van der Waals surface area contributed by atoms with Crippen molar-refractivity contribution in [2.75, 3.05) is 13.2 Å². The second-order valence-electron chi connectivity index (χ2n) is 7.19. The smallest absolute Gasteiger partial charge is 0.338 e. The van der Waals surface area contributed by atoms with E-state index in [2.05, 4.69) is 16.0 Å². The third kappa shape index (κ3) is 8.77. The average Bonchev–Trinajstić information content (AvgIpc) is 2.74. The van der Waals surface area contributed by atoms with E-state index in [1.807, 2.05) is 44.2 Å². The van der Waals surface area contributed by atoms with Crippen LogP contribution in [0.25, 0.3) is 0 Å². The highest BCUT2D eigenvalue weighted by atomic mass is 16.5. The van der Waals surface area contributed by atoms with Crippen LogP contribution in [0.4, 0.5) is 4.79 Å². The summed E-state index contributed by atoms with van der Waals surface area (Å²) in [5, 5.41) is 8.22. The summed E-state index contributed by atoms with van der Waals surface area (Å²) in [6.45, 7) is 4.31. The summed E-state index contributed by atoms with van der Waals surface area (Å²) in [6.07, 6.45) is 1.69. The molecular formula is C23H29N3O4. The van der Waals surface area contributed by atoms with E-state index in [9.17, 15) is 14.4 Å². The fourth-order valence-electron chi connectivity index (χ4n) is 2.68. The topological polar surface area (TPSA) is 96.5 Å². The van der Waals surface area contributed by atoms with Gasteiger partial charge in [0.05, 0.1) is 5.56 Å². The van der Waals surface area contributed by atoms with Crippen molar-refractivity contribution in [2.45, 2.75) is 39.3 Å². The van der Waals surface area contributed by atoms with Crippen molar-refractivity contribution in [1.29, 1.82) is 0 Å². The van der Waals surface area contributed by atoms with Gasteiger partial charge in [-0.15, -0.1) is 0 Å². The summed E-state index contributed by atoms with van der Waals surface area (Å²) in [5.41, 5.74) is 2.42. The Labute approximate surface area is 177 Å². The normalized spacial score (nSPS) is 10.4. The van der Waals surface area contributed by atoms with E-state index in [1.54, 1.807) is 24.3 Å². The van der Waals surface area contributed by atoms with Gasteiger partial charge in [-0.1, -0.05) is 42.5 Å². The Morgan fingerprint density at radius 1 is 0.900 bits per heavy atom. The maximum Gasteiger partial charge on any atom is 0.338 e. The van der Waals surface area contributed by atoms with E-state index in [0.717, 1.165) is 18.4 Å². The Balaban J connectivity index is 1.65. The van der Waals surface area contributed by atoms with Crippen molar-refractivity contribution in [2.24, 2.45) is 0 Å². The maximum atomic E-state index is 12.1. The van der Waals surface area contributed by atoms with Crippen LogP contribution in [0.2, 0.25) is 0 Å². The molecular weight excluding hydrogens is 382 g/mol. The van der Waals surface area contributed by atoms with Gasteiger partial charge in [0.1, 0.15) is 0 Å². The van der Waals surface area contributed by atoms with Crippen LogP contribution < -0.4 is 16.0 Å². The molecule has 2 aromatic carbocycles. The number of esters is 1. The molecule has 0 saturated carbocycles. The van der Waals surface area contributed by atoms with E-state index in [0.29, 0.717) is 18.7 Å². The average molecular weight is 412 g/mol. The molecule has 0 fully saturated rings. The molecule has 3 amide bonds. The van der Waals surface area contributed by atoms with Gasteiger partial charge in [-0.25, -0.2) is 9.59 Å². The molecule has 3 N–H and O–H groups in total. The number of hydrogen-bond acceptors (Lipinski definition) is 4. The van der Waals surface area contributed by atoms with Crippen LogP contribution in [0.1, 0.15) is 41.8 Å². The molecule has 0 aliphatic carbocycles. The summed E-state index contributed by atoms with van der Waals surface area (Å²) < 4.78 is 5.06. The minimum atomic E-state index is -0.563. The number of carbonyl (C=O) groups excluding carboxylic acids is 3. The Bertz CT molecular complexity index is 820. The van der Waals surface area contributed by atoms with Gasteiger partial charge in [-0.3, -0.25) is 4.79 Å². The first-order valence-corrected chi connectivity index (χ1v) is 10.0. The van der Waals surface area contributed by atoms with Gasteiger partial charge in [0.2, 0.25) is 0 Å². The Kier molecular flexibility index (Phi) is 9.37. The molecule has 0 spiro atoms. The number of rotatable bonds is 10. The van der Waals surface area contributed by atoms with E-state index in [1.165, 1.54) is 5.56 Å². The lowest BCUT2D eigenvalue weighted by atomic mass is 10.1. The molecule has 0 aromatic heterocycles. The summed E-state index contributed by atoms with van der Waals surface area (Å²) in [6, 6.07) is 16.5. The molecule has 0 bridgehead atoms. The third-order valence-electron chi connectivity index (χ3n) is 4.20. The predicted octanol–water partition coefficient (Wildman–Crippen LogP) is 2.80. The minimum absolute atomic E-state index is 0.0585.